The Bertz CT molecular complexity index is 648. The molecule has 0 radical (unpaired) electrons. The molecule has 126 valence electrons. The van der Waals surface area contributed by atoms with Crippen LogP contribution in [0, 0.1) is 5.92 Å². The van der Waals surface area contributed by atoms with E-state index in [0.717, 1.165) is 49.2 Å². The number of fused-ring (bicyclic) bond motifs is 3. The fourth-order valence-corrected chi connectivity index (χ4v) is 4.81. The van der Waals surface area contributed by atoms with Crippen molar-refractivity contribution < 1.29 is 0 Å². The molecule has 0 unspecified atom stereocenters. The van der Waals surface area contributed by atoms with Gasteiger partial charge in [-0.05, 0) is 56.8 Å². The summed E-state index contributed by atoms with van der Waals surface area (Å²) in [5.74, 6) is 1.84. The van der Waals surface area contributed by atoms with Gasteiger partial charge in [0.15, 0.2) is 0 Å². The van der Waals surface area contributed by atoms with Gasteiger partial charge in [0, 0.05) is 11.4 Å². The van der Waals surface area contributed by atoms with E-state index in [1.54, 1.807) is 6.33 Å². The lowest BCUT2D eigenvalue weighted by Crippen LogP contribution is -2.25. The zero-order chi connectivity index (χ0) is 16.2. The van der Waals surface area contributed by atoms with Crippen molar-refractivity contribution in [3.8, 4) is 0 Å². The first kappa shape index (κ1) is 16.7. The van der Waals surface area contributed by atoms with Gasteiger partial charge in [-0.1, -0.05) is 20.8 Å². The van der Waals surface area contributed by atoms with Gasteiger partial charge in [-0.2, -0.15) is 0 Å². The molecule has 0 saturated carbocycles. The Morgan fingerprint density at radius 3 is 2.91 bits per heavy atom. The van der Waals surface area contributed by atoms with Crippen molar-refractivity contribution in [3.05, 3.63) is 16.8 Å². The first-order chi connectivity index (χ1) is 11.2. The van der Waals surface area contributed by atoms with E-state index in [-0.39, 0.29) is 0 Å². The second-order valence-electron chi connectivity index (χ2n) is 6.56. The SMILES string of the molecule is CCN(CC)CCCNc1ncnc2sc3c(c12)CC[C@@H](C)C3. The first-order valence-corrected chi connectivity index (χ1v) is 9.76. The molecule has 1 aliphatic rings. The topological polar surface area (TPSA) is 41.0 Å². The maximum atomic E-state index is 4.53. The summed E-state index contributed by atoms with van der Waals surface area (Å²) < 4.78 is 0. The fourth-order valence-electron chi connectivity index (χ4n) is 3.46. The van der Waals surface area contributed by atoms with Gasteiger partial charge in [0.2, 0.25) is 0 Å². The molecule has 4 nitrogen and oxygen atoms in total. The third kappa shape index (κ3) is 3.66. The molecule has 0 fully saturated rings. The van der Waals surface area contributed by atoms with Crippen LogP contribution >= 0.6 is 11.3 Å². The maximum Gasteiger partial charge on any atom is 0.138 e. The number of thiophene rings is 1. The standard InChI is InChI=1S/C18H28N4S/c1-4-22(5-2)10-6-9-19-17-16-14-8-7-13(3)11-15(14)23-18(16)21-12-20-17/h12-13H,4-11H2,1-3H3,(H,19,20,21)/t13-/m1/s1. The Kier molecular flexibility index (Phi) is 5.49. The van der Waals surface area contributed by atoms with Gasteiger partial charge in [0.25, 0.3) is 0 Å². The highest BCUT2D eigenvalue weighted by atomic mass is 32.1. The number of nitrogens with one attached hydrogen (secondary N) is 1. The lowest BCUT2D eigenvalue weighted by atomic mass is 9.89. The molecule has 1 N–H and O–H groups in total. The highest BCUT2D eigenvalue weighted by Gasteiger charge is 2.22. The van der Waals surface area contributed by atoms with Crippen LogP contribution in [0.3, 0.4) is 0 Å². The van der Waals surface area contributed by atoms with E-state index < -0.39 is 0 Å². The largest absolute Gasteiger partial charge is 0.369 e. The van der Waals surface area contributed by atoms with Crippen LogP contribution in [0.1, 0.15) is 44.1 Å². The van der Waals surface area contributed by atoms with Crippen molar-refractivity contribution in [2.75, 3.05) is 31.5 Å². The van der Waals surface area contributed by atoms with Crippen LogP contribution in [0.2, 0.25) is 0 Å². The van der Waals surface area contributed by atoms with Crippen LogP contribution in [-0.4, -0.2) is 41.0 Å². The number of aromatic nitrogens is 2. The molecule has 1 atom stereocenters. The normalized spacial score (nSPS) is 17.7. The zero-order valence-electron chi connectivity index (χ0n) is 14.6. The van der Waals surface area contributed by atoms with Crippen LogP contribution < -0.4 is 5.32 Å². The Balaban J connectivity index is 1.71. The van der Waals surface area contributed by atoms with E-state index >= 15 is 0 Å². The van der Waals surface area contributed by atoms with Crippen LogP contribution in [0.5, 0.6) is 0 Å². The number of hydrogen-bond acceptors (Lipinski definition) is 5. The Morgan fingerprint density at radius 1 is 1.30 bits per heavy atom. The molecule has 3 rings (SSSR count). The summed E-state index contributed by atoms with van der Waals surface area (Å²) in [6.07, 6.45) is 6.53. The molecular formula is C18H28N4S. The molecule has 0 aromatic carbocycles. The lowest BCUT2D eigenvalue weighted by molar-refractivity contribution is 0.303. The predicted octanol–water partition coefficient (Wildman–Crippen LogP) is 3.96. The van der Waals surface area contributed by atoms with Crippen molar-refractivity contribution in [2.24, 2.45) is 5.92 Å². The molecule has 2 aromatic rings. The van der Waals surface area contributed by atoms with Crippen molar-refractivity contribution in [1.82, 2.24) is 14.9 Å². The van der Waals surface area contributed by atoms with Crippen LogP contribution in [0.4, 0.5) is 5.82 Å². The van der Waals surface area contributed by atoms with E-state index in [2.05, 4.69) is 41.0 Å². The fraction of sp³-hybridized carbons (Fsp3) is 0.667. The molecule has 0 bridgehead atoms. The Labute approximate surface area is 143 Å². The highest BCUT2D eigenvalue weighted by Crippen LogP contribution is 2.39. The molecule has 0 saturated heterocycles. The third-order valence-corrected chi connectivity index (χ3v) is 6.09. The number of aryl methyl sites for hydroxylation is 1. The Hall–Kier alpha value is -1.20. The number of rotatable bonds is 7. The van der Waals surface area contributed by atoms with Gasteiger partial charge in [-0.25, -0.2) is 9.97 Å². The molecule has 0 spiro atoms. The van der Waals surface area contributed by atoms with Gasteiger partial charge in [-0.15, -0.1) is 11.3 Å². The smallest absolute Gasteiger partial charge is 0.138 e. The maximum absolute atomic E-state index is 4.53. The van der Waals surface area contributed by atoms with Crippen molar-refractivity contribution in [1.29, 1.82) is 0 Å². The minimum atomic E-state index is 0.800. The molecule has 1 aliphatic carbocycles. The van der Waals surface area contributed by atoms with Gasteiger partial charge >= 0.3 is 0 Å². The summed E-state index contributed by atoms with van der Waals surface area (Å²) in [5, 5.41) is 4.86. The number of nitrogens with zero attached hydrogens (tertiary/aromatic N) is 3. The average Bonchev–Trinajstić information content (AvgIpc) is 2.93. The number of hydrogen-bond donors (Lipinski definition) is 1. The van der Waals surface area contributed by atoms with Gasteiger partial charge < -0.3 is 10.2 Å². The van der Waals surface area contributed by atoms with E-state index in [1.807, 2.05) is 11.3 Å². The molecule has 5 heteroatoms. The zero-order valence-corrected chi connectivity index (χ0v) is 15.4. The molecule has 2 aromatic heterocycles. The summed E-state index contributed by atoms with van der Waals surface area (Å²) >= 11 is 1.87. The molecular weight excluding hydrogens is 304 g/mol. The van der Waals surface area contributed by atoms with Crippen molar-refractivity contribution >= 4 is 27.4 Å². The van der Waals surface area contributed by atoms with Gasteiger partial charge in [0.05, 0.1) is 5.39 Å². The van der Waals surface area contributed by atoms with Gasteiger partial charge in [0.1, 0.15) is 17.0 Å². The second kappa shape index (κ2) is 7.58. The van der Waals surface area contributed by atoms with Crippen LogP contribution in [0.25, 0.3) is 10.2 Å². The summed E-state index contributed by atoms with van der Waals surface area (Å²) in [5.41, 5.74) is 1.51. The average molecular weight is 333 g/mol. The minimum absolute atomic E-state index is 0.800. The van der Waals surface area contributed by atoms with Crippen molar-refractivity contribution in [2.45, 2.75) is 46.5 Å². The van der Waals surface area contributed by atoms with E-state index in [0.29, 0.717) is 0 Å². The molecule has 2 heterocycles. The summed E-state index contributed by atoms with van der Waals surface area (Å²) in [6.45, 7) is 11.2. The molecule has 0 amide bonds. The Morgan fingerprint density at radius 2 is 2.13 bits per heavy atom. The minimum Gasteiger partial charge on any atom is -0.369 e. The second-order valence-corrected chi connectivity index (χ2v) is 7.65. The predicted molar refractivity (Wildman–Crippen MR) is 99.5 cm³/mol. The number of anilines is 1. The van der Waals surface area contributed by atoms with Crippen molar-refractivity contribution in [3.63, 3.8) is 0 Å². The van der Waals surface area contributed by atoms with Crippen LogP contribution in [-0.2, 0) is 12.8 Å². The monoisotopic (exact) mass is 332 g/mol. The highest BCUT2D eigenvalue weighted by molar-refractivity contribution is 7.19. The quantitative estimate of drug-likeness (QED) is 0.779. The summed E-state index contributed by atoms with van der Waals surface area (Å²) in [6, 6.07) is 0. The first-order valence-electron chi connectivity index (χ1n) is 8.94. The van der Waals surface area contributed by atoms with Gasteiger partial charge in [-0.3, -0.25) is 0 Å². The molecule has 0 aliphatic heterocycles. The van der Waals surface area contributed by atoms with E-state index in [4.69, 9.17) is 0 Å². The third-order valence-electron chi connectivity index (χ3n) is 4.93. The van der Waals surface area contributed by atoms with E-state index in [9.17, 15) is 0 Å². The van der Waals surface area contributed by atoms with E-state index in [1.165, 1.54) is 35.1 Å². The van der Waals surface area contributed by atoms with Crippen LogP contribution in [0.15, 0.2) is 6.33 Å². The lowest BCUT2D eigenvalue weighted by Gasteiger charge is -2.19. The molecule has 23 heavy (non-hydrogen) atoms. The summed E-state index contributed by atoms with van der Waals surface area (Å²) in [7, 11) is 0. The summed E-state index contributed by atoms with van der Waals surface area (Å²) in [4.78, 5) is 14.2.